The van der Waals surface area contributed by atoms with E-state index in [1.807, 2.05) is 12.1 Å². The highest BCUT2D eigenvalue weighted by Gasteiger charge is 2.20. The van der Waals surface area contributed by atoms with Crippen LogP contribution in [0.1, 0.15) is 18.6 Å². The van der Waals surface area contributed by atoms with E-state index in [1.165, 1.54) is 18.9 Å². The molecule has 0 aliphatic heterocycles. The molecule has 1 N–H and O–H groups in total. The first-order valence-electron chi connectivity index (χ1n) is 5.23. The highest BCUT2D eigenvalue weighted by molar-refractivity contribution is 5.78. The largest absolute Gasteiger partial charge is 0.457 e. The van der Waals surface area contributed by atoms with Crippen LogP contribution >= 0.6 is 0 Å². The molecule has 0 amide bonds. The Bertz CT molecular complexity index is 487. The summed E-state index contributed by atoms with van der Waals surface area (Å²) < 4.78 is 18.7. The van der Waals surface area contributed by atoms with Crippen molar-refractivity contribution in [2.45, 2.75) is 25.4 Å². The van der Waals surface area contributed by atoms with Crippen LogP contribution in [-0.4, -0.2) is 6.04 Å². The Balaban J connectivity index is 1.88. The third-order valence-corrected chi connectivity index (χ3v) is 2.69. The summed E-state index contributed by atoms with van der Waals surface area (Å²) in [7, 11) is 0. The summed E-state index contributed by atoms with van der Waals surface area (Å²) in [5.74, 6) is 0.521. The first-order chi connectivity index (χ1) is 7.33. The Morgan fingerprint density at radius 3 is 3.00 bits per heavy atom. The smallest absolute Gasteiger partial charge is 0.169 e. The fourth-order valence-corrected chi connectivity index (χ4v) is 1.70. The van der Waals surface area contributed by atoms with Gasteiger partial charge in [0.05, 0.1) is 6.54 Å². The summed E-state index contributed by atoms with van der Waals surface area (Å²) in [6, 6.07) is 7.52. The van der Waals surface area contributed by atoms with E-state index in [0.29, 0.717) is 18.2 Å². The number of rotatable bonds is 3. The average Bonchev–Trinajstić information content (AvgIpc) is 2.95. The predicted molar refractivity (Wildman–Crippen MR) is 56.0 cm³/mol. The predicted octanol–water partition coefficient (Wildman–Crippen LogP) is 2.82. The molecule has 1 aromatic heterocycles. The maximum atomic E-state index is 13.3. The Morgan fingerprint density at radius 1 is 1.40 bits per heavy atom. The van der Waals surface area contributed by atoms with Gasteiger partial charge in [-0.3, -0.25) is 0 Å². The molecule has 15 heavy (non-hydrogen) atoms. The van der Waals surface area contributed by atoms with Crippen molar-refractivity contribution >= 4 is 11.0 Å². The molecule has 3 heteroatoms. The van der Waals surface area contributed by atoms with E-state index in [9.17, 15) is 4.39 Å². The molecule has 2 aromatic rings. The SMILES string of the molecule is Fc1cccc2cc(CNC3CC3)oc12. The zero-order valence-electron chi connectivity index (χ0n) is 8.29. The van der Waals surface area contributed by atoms with Crippen LogP contribution in [0.25, 0.3) is 11.0 Å². The van der Waals surface area contributed by atoms with Gasteiger partial charge in [-0.2, -0.15) is 0 Å². The maximum absolute atomic E-state index is 13.3. The minimum Gasteiger partial charge on any atom is -0.457 e. The average molecular weight is 205 g/mol. The molecular weight excluding hydrogens is 193 g/mol. The second kappa shape index (κ2) is 3.35. The minimum absolute atomic E-state index is 0.287. The standard InChI is InChI=1S/C12H12FNO/c13-11-3-1-2-8-6-10(15-12(8)11)7-14-9-4-5-9/h1-3,6,9,14H,4-5,7H2. The summed E-state index contributed by atoms with van der Waals surface area (Å²) in [6.07, 6.45) is 2.49. The van der Waals surface area contributed by atoms with Gasteiger partial charge in [0.25, 0.3) is 0 Å². The number of furan rings is 1. The van der Waals surface area contributed by atoms with Gasteiger partial charge in [0, 0.05) is 11.4 Å². The lowest BCUT2D eigenvalue weighted by Crippen LogP contribution is -2.14. The Labute approximate surface area is 87.1 Å². The highest BCUT2D eigenvalue weighted by atomic mass is 19.1. The van der Waals surface area contributed by atoms with Crippen LogP contribution in [0.15, 0.2) is 28.7 Å². The number of fused-ring (bicyclic) bond motifs is 1. The summed E-state index contributed by atoms with van der Waals surface area (Å²) in [5.41, 5.74) is 0.366. The second-order valence-electron chi connectivity index (χ2n) is 4.03. The van der Waals surface area contributed by atoms with Crippen LogP contribution < -0.4 is 5.32 Å². The minimum atomic E-state index is -0.287. The van der Waals surface area contributed by atoms with Gasteiger partial charge in [-0.1, -0.05) is 12.1 Å². The number of nitrogens with one attached hydrogen (secondary N) is 1. The molecule has 0 atom stereocenters. The zero-order chi connectivity index (χ0) is 10.3. The molecular formula is C12H12FNO. The van der Waals surface area contributed by atoms with Gasteiger partial charge < -0.3 is 9.73 Å². The van der Waals surface area contributed by atoms with Crippen LogP contribution in [0.3, 0.4) is 0 Å². The zero-order valence-corrected chi connectivity index (χ0v) is 8.29. The number of para-hydroxylation sites is 1. The molecule has 0 unspecified atom stereocenters. The van der Waals surface area contributed by atoms with Crippen LogP contribution in [0.2, 0.25) is 0 Å². The maximum Gasteiger partial charge on any atom is 0.169 e. The summed E-state index contributed by atoms with van der Waals surface area (Å²) in [5, 5.41) is 4.17. The van der Waals surface area contributed by atoms with Crippen LogP contribution in [0, 0.1) is 5.82 Å². The van der Waals surface area contributed by atoms with E-state index in [-0.39, 0.29) is 5.82 Å². The third kappa shape index (κ3) is 1.75. The molecule has 1 aliphatic rings. The quantitative estimate of drug-likeness (QED) is 0.833. The van der Waals surface area contributed by atoms with Gasteiger partial charge in [-0.25, -0.2) is 4.39 Å². The molecule has 0 spiro atoms. The normalized spacial score (nSPS) is 16.1. The third-order valence-electron chi connectivity index (χ3n) is 2.69. The molecule has 1 saturated carbocycles. The van der Waals surface area contributed by atoms with Crippen molar-refractivity contribution in [1.82, 2.24) is 5.32 Å². The lowest BCUT2D eigenvalue weighted by Gasteiger charge is -1.97. The molecule has 2 nitrogen and oxygen atoms in total. The molecule has 0 bridgehead atoms. The Kier molecular flexibility index (Phi) is 1.99. The van der Waals surface area contributed by atoms with Crippen molar-refractivity contribution in [3.05, 3.63) is 35.8 Å². The molecule has 1 heterocycles. The number of hydrogen-bond donors (Lipinski definition) is 1. The molecule has 1 fully saturated rings. The van der Waals surface area contributed by atoms with Crippen molar-refractivity contribution in [2.75, 3.05) is 0 Å². The number of benzene rings is 1. The topological polar surface area (TPSA) is 25.2 Å². The van der Waals surface area contributed by atoms with E-state index >= 15 is 0 Å². The van der Waals surface area contributed by atoms with E-state index in [4.69, 9.17) is 4.42 Å². The van der Waals surface area contributed by atoms with Crippen molar-refractivity contribution in [3.63, 3.8) is 0 Å². The van der Waals surface area contributed by atoms with Crippen LogP contribution in [-0.2, 0) is 6.54 Å². The van der Waals surface area contributed by atoms with Gasteiger partial charge in [0.2, 0.25) is 0 Å². The number of hydrogen-bond acceptors (Lipinski definition) is 2. The molecule has 3 rings (SSSR count). The summed E-state index contributed by atoms with van der Waals surface area (Å²) in [4.78, 5) is 0. The van der Waals surface area contributed by atoms with Crippen LogP contribution in [0.5, 0.6) is 0 Å². The van der Waals surface area contributed by atoms with E-state index in [1.54, 1.807) is 6.07 Å². The molecule has 1 aromatic carbocycles. The van der Waals surface area contributed by atoms with Crippen LogP contribution in [0.4, 0.5) is 4.39 Å². The lowest BCUT2D eigenvalue weighted by molar-refractivity contribution is 0.494. The molecule has 1 aliphatic carbocycles. The van der Waals surface area contributed by atoms with Crippen molar-refractivity contribution in [3.8, 4) is 0 Å². The van der Waals surface area contributed by atoms with E-state index in [0.717, 1.165) is 11.1 Å². The fourth-order valence-electron chi connectivity index (χ4n) is 1.70. The lowest BCUT2D eigenvalue weighted by atomic mass is 10.2. The molecule has 78 valence electrons. The number of halogens is 1. The highest BCUT2D eigenvalue weighted by Crippen LogP contribution is 2.23. The van der Waals surface area contributed by atoms with Gasteiger partial charge in [0.1, 0.15) is 5.76 Å². The van der Waals surface area contributed by atoms with Gasteiger partial charge in [0.15, 0.2) is 11.4 Å². The van der Waals surface area contributed by atoms with Gasteiger partial charge >= 0.3 is 0 Å². The summed E-state index contributed by atoms with van der Waals surface area (Å²) in [6.45, 7) is 0.693. The molecule has 0 saturated heterocycles. The first-order valence-corrected chi connectivity index (χ1v) is 5.23. The molecule has 0 radical (unpaired) electrons. The van der Waals surface area contributed by atoms with Crippen molar-refractivity contribution in [2.24, 2.45) is 0 Å². The van der Waals surface area contributed by atoms with E-state index < -0.39 is 0 Å². The van der Waals surface area contributed by atoms with Crippen molar-refractivity contribution in [1.29, 1.82) is 0 Å². The Morgan fingerprint density at radius 2 is 2.27 bits per heavy atom. The first kappa shape index (κ1) is 8.92. The van der Waals surface area contributed by atoms with Gasteiger partial charge in [-0.15, -0.1) is 0 Å². The van der Waals surface area contributed by atoms with E-state index in [2.05, 4.69) is 5.32 Å². The monoisotopic (exact) mass is 205 g/mol. The fraction of sp³-hybridized carbons (Fsp3) is 0.333. The second-order valence-corrected chi connectivity index (χ2v) is 4.03. The van der Waals surface area contributed by atoms with Crippen molar-refractivity contribution < 1.29 is 8.81 Å². The Hall–Kier alpha value is -1.35. The summed E-state index contributed by atoms with van der Waals surface area (Å²) >= 11 is 0. The van der Waals surface area contributed by atoms with Gasteiger partial charge in [-0.05, 0) is 25.0 Å².